The molecule has 1 saturated heterocycles. The first kappa shape index (κ1) is 19.5. The Kier molecular flexibility index (Phi) is 5.01. The van der Waals surface area contributed by atoms with Gasteiger partial charge in [0.05, 0.1) is 6.20 Å². The molecule has 1 atom stereocenters. The van der Waals surface area contributed by atoms with Gasteiger partial charge in [0.25, 0.3) is 0 Å². The maximum absolute atomic E-state index is 13.0. The quantitative estimate of drug-likeness (QED) is 0.658. The summed E-state index contributed by atoms with van der Waals surface area (Å²) in [4.78, 5) is 34.7. The van der Waals surface area contributed by atoms with Gasteiger partial charge in [0.1, 0.15) is 4.34 Å². The predicted octanol–water partition coefficient (Wildman–Crippen LogP) is 4.24. The number of rotatable bonds is 1. The fourth-order valence-electron chi connectivity index (χ4n) is 3.96. The van der Waals surface area contributed by atoms with E-state index in [1.807, 2.05) is 17.0 Å². The summed E-state index contributed by atoms with van der Waals surface area (Å²) in [5.41, 5.74) is 1.67. The normalized spacial score (nSPS) is 20.6. The van der Waals surface area contributed by atoms with E-state index in [0.717, 1.165) is 22.1 Å². The summed E-state index contributed by atoms with van der Waals surface area (Å²) in [6.45, 7) is 1.77. The maximum Gasteiger partial charge on any atom is 0.328 e. The highest BCUT2D eigenvalue weighted by Crippen LogP contribution is 2.47. The van der Waals surface area contributed by atoms with Crippen LogP contribution in [-0.2, 0) is 5.41 Å². The number of hydrogen-bond donors (Lipinski definition) is 1. The Balaban J connectivity index is 1.63. The van der Waals surface area contributed by atoms with Gasteiger partial charge in [0, 0.05) is 49.3 Å². The number of aromatic nitrogens is 1. The van der Waals surface area contributed by atoms with E-state index in [1.165, 1.54) is 17.5 Å². The molecule has 0 radical (unpaired) electrons. The van der Waals surface area contributed by atoms with Gasteiger partial charge in [0.2, 0.25) is 0 Å². The van der Waals surface area contributed by atoms with E-state index in [1.54, 1.807) is 23.9 Å². The average molecular weight is 485 g/mol. The summed E-state index contributed by atoms with van der Waals surface area (Å²) < 4.78 is 1.48. The Hall–Kier alpha value is -1.84. The minimum atomic E-state index is -0.275. The zero-order valence-electron chi connectivity index (χ0n) is 15.4. The van der Waals surface area contributed by atoms with Gasteiger partial charge in [0.15, 0.2) is 5.13 Å². The molecular weight excluding hydrogens is 466 g/mol. The smallest absolute Gasteiger partial charge is 0.328 e. The number of carbonyl (C=O) groups excluding carboxylic acids is 2. The summed E-state index contributed by atoms with van der Waals surface area (Å²) >= 11 is 10.7. The van der Waals surface area contributed by atoms with Crippen molar-refractivity contribution in [3.8, 4) is 0 Å². The van der Waals surface area contributed by atoms with Crippen LogP contribution < -0.4 is 10.2 Å². The molecule has 4 amide bonds. The van der Waals surface area contributed by atoms with E-state index in [2.05, 4.69) is 32.3 Å². The highest BCUT2D eigenvalue weighted by molar-refractivity contribution is 9.10. The monoisotopic (exact) mass is 483 g/mol. The van der Waals surface area contributed by atoms with Gasteiger partial charge in [-0.05, 0) is 30.2 Å². The molecule has 1 aromatic heterocycles. The summed E-state index contributed by atoms with van der Waals surface area (Å²) in [5.74, 6) is 0. The lowest BCUT2D eigenvalue weighted by atomic mass is 9.82. The summed E-state index contributed by atoms with van der Waals surface area (Å²) in [6.07, 6.45) is 2.32. The zero-order chi connectivity index (χ0) is 20.1. The Morgan fingerprint density at radius 3 is 2.82 bits per heavy atom. The van der Waals surface area contributed by atoms with Crippen LogP contribution in [0.4, 0.5) is 20.4 Å². The van der Waals surface area contributed by atoms with Crippen LogP contribution in [0.1, 0.15) is 12.0 Å². The van der Waals surface area contributed by atoms with Crippen LogP contribution in [0.2, 0.25) is 4.34 Å². The van der Waals surface area contributed by atoms with Crippen molar-refractivity contribution >= 4 is 61.7 Å². The Bertz CT molecular complexity index is 952. The SMILES string of the molecule is CN(C)C(=O)N1CCC2(C1)CN(C(=O)Nc1ncc(Cl)s1)c1ccc(Br)cc12. The minimum Gasteiger partial charge on any atom is -0.331 e. The van der Waals surface area contributed by atoms with Crippen LogP contribution in [0.3, 0.4) is 0 Å². The van der Waals surface area contributed by atoms with Crippen LogP contribution in [0.25, 0.3) is 0 Å². The Morgan fingerprint density at radius 2 is 2.14 bits per heavy atom. The number of hydrogen-bond acceptors (Lipinski definition) is 4. The molecule has 2 aliphatic heterocycles. The van der Waals surface area contributed by atoms with Crippen LogP contribution in [0.5, 0.6) is 0 Å². The number of nitrogens with zero attached hydrogens (tertiary/aromatic N) is 4. The van der Waals surface area contributed by atoms with Gasteiger partial charge in [-0.3, -0.25) is 10.2 Å². The molecule has 1 unspecified atom stereocenters. The minimum absolute atomic E-state index is 0.00579. The third-order valence-electron chi connectivity index (χ3n) is 5.22. The topological polar surface area (TPSA) is 68.8 Å². The molecule has 1 N–H and O–H groups in total. The van der Waals surface area contributed by atoms with E-state index in [-0.39, 0.29) is 17.5 Å². The van der Waals surface area contributed by atoms with Crippen LogP contribution in [0.15, 0.2) is 28.9 Å². The van der Waals surface area contributed by atoms with Crippen molar-refractivity contribution < 1.29 is 9.59 Å². The molecule has 1 aromatic carbocycles. The number of nitrogens with one attached hydrogen (secondary N) is 1. The molecule has 1 spiro atoms. The van der Waals surface area contributed by atoms with Crippen LogP contribution in [-0.4, -0.2) is 60.6 Å². The molecule has 7 nitrogen and oxygen atoms in total. The van der Waals surface area contributed by atoms with Gasteiger partial charge in [-0.25, -0.2) is 14.6 Å². The highest BCUT2D eigenvalue weighted by Gasteiger charge is 2.50. The number of halogens is 2. The van der Waals surface area contributed by atoms with Crippen molar-refractivity contribution in [3.63, 3.8) is 0 Å². The molecule has 28 heavy (non-hydrogen) atoms. The van der Waals surface area contributed by atoms with Crippen molar-refractivity contribution in [1.29, 1.82) is 0 Å². The average Bonchev–Trinajstić information content (AvgIpc) is 3.34. The molecule has 2 aliphatic rings. The van der Waals surface area contributed by atoms with Crippen LogP contribution >= 0.6 is 38.9 Å². The van der Waals surface area contributed by atoms with E-state index < -0.39 is 0 Å². The van der Waals surface area contributed by atoms with Gasteiger partial charge in [-0.2, -0.15) is 0 Å². The van der Waals surface area contributed by atoms with E-state index >= 15 is 0 Å². The molecule has 0 saturated carbocycles. The second-order valence-corrected chi connectivity index (χ2v) is 9.85. The van der Waals surface area contributed by atoms with E-state index in [0.29, 0.717) is 29.1 Å². The van der Waals surface area contributed by atoms with Crippen molar-refractivity contribution in [3.05, 3.63) is 38.8 Å². The third kappa shape index (κ3) is 3.35. The molecular formula is C18H19BrClN5O2S. The zero-order valence-corrected chi connectivity index (χ0v) is 18.6. The number of carbonyl (C=O) groups is 2. The largest absolute Gasteiger partial charge is 0.331 e. The lowest BCUT2D eigenvalue weighted by Gasteiger charge is -2.27. The Morgan fingerprint density at radius 1 is 1.36 bits per heavy atom. The molecule has 0 bridgehead atoms. The molecule has 1 fully saturated rings. The van der Waals surface area contributed by atoms with Gasteiger partial charge in [-0.15, -0.1) is 0 Å². The molecule has 3 heterocycles. The highest BCUT2D eigenvalue weighted by atomic mass is 79.9. The number of urea groups is 2. The van der Waals surface area contributed by atoms with E-state index in [4.69, 9.17) is 11.6 Å². The van der Waals surface area contributed by atoms with Crippen molar-refractivity contribution in [2.75, 3.05) is 43.9 Å². The maximum atomic E-state index is 13.0. The molecule has 2 aromatic rings. The van der Waals surface area contributed by atoms with Gasteiger partial charge < -0.3 is 9.80 Å². The van der Waals surface area contributed by atoms with Crippen LogP contribution in [0, 0.1) is 0 Å². The predicted molar refractivity (Wildman–Crippen MR) is 115 cm³/mol. The summed E-state index contributed by atoms with van der Waals surface area (Å²) in [5, 5.41) is 3.29. The lowest BCUT2D eigenvalue weighted by Crippen LogP contribution is -2.43. The fourth-order valence-corrected chi connectivity index (χ4v) is 5.12. The molecule has 148 valence electrons. The second kappa shape index (κ2) is 7.20. The van der Waals surface area contributed by atoms with Gasteiger partial charge >= 0.3 is 12.1 Å². The number of anilines is 2. The first-order valence-corrected chi connectivity index (χ1v) is 10.7. The molecule has 0 aliphatic carbocycles. The second-order valence-electron chi connectivity index (χ2n) is 7.28. The van der Waals surface area contributed by atoms with Crippen molar-refractivity contribution in [1.82, 2.24) is 14.8 Å². The first-order chi connectivity index (χ1) is 13.3. The standard InChI is InChI=1S/C18H19BrClN5O2S/c1-23(2)17(27)24-6-5-18(9-24)10-25(13-4-3-11(19)7-12(13)18)16(26)22-15-21-8-14(20)28-15/h3-4,7-8H,5-6,9-10H2,1-2H3,(H,21,22,26). The summed E-state index contributed by atoms with van der Waals surface area (Å²) in [7, 11) is 3.51. The molecule has 4 rings (SSSR count). The number of fused-ring (bicyclic) bond motifs is 2. The Labute approximate surface area is 180 Å². The fraction of sp³-hybridized carbons (Fsp3) is 0.389. The number of benzene rings is 1. The first-order valence-electron chi connectivity index (χ1n) is 8.75. The lowest BCUT2D eigenvalue weighted by molar-refractivity contribution is 0.179. The summed E-state index contributed by atoms with van der Waals surface area (Å²) in [6, 6.07) is 5.68. The number of thiazole rings is 1. The number of likely N-dealkylation sites (tertiary alicyclic amines) is 1. The number of amides is 4. The third-order valence-corrected chi connectivity index (χ3v) is 6.75. The van der Waals surface area contributed by atoms with Crippen molar-refractivity contribution in [2.45, 2.75) is 11.8 Å². The van der Waals surface area contributed by atoms with Gasteiger partial charge in [-0.1, -0.05) is 38.9 Å². The van der Waals surface area contributed by atoms with Crippen molar-refractivity contribution in [2.24, 2.45) is 0 Å². The van der Waals surface area contributed by atoms with E-state index in [9.17, 15) is 9.59 Å². The molecule has 10 heteroatoms.